The summed E-state index contributed by atoms with van der Waals surface area (Å²) in [4.78, 5) is 21.9. The van der Waals surface area contributed by atoms with E-state index in [2.05, 4.69) is 9.97 Å². The molecule has 1 aromatic heterocycles. The standard InChI is InChI=1S/C12H16ClN3O2/c1-18-8-10(17)16-6-2-3-9(7-16)11-12(13)15-5-4-14-11/h4-5,9H,2-3,6-8H2,1H3/t9-/m0/s1. The van der Waals surface area contributed by atoms with Gasteiger partial charge in [-0.1, -0.05) is 11.6 Å². The van der Waals surface area contributed by atoms with E-state index in [9.17, 15) is 4.79 Å². The molecule has 1 amide bonds. The van der Waals surface area contributed by atoms with Crippen LogP contribution in [0, 0.1) is 0 Å². The normalized spacial score (nSPS) is 19.9. The van der Waals surface area contributed by atoms with E-state index in [4.69, 9.17) is 16.3 Å². The molecule has 1 aliphatic heterocycles. The molecule has 0 aromatic carbocycles. The van der Waals surface area contributed by atoms with Gasteiger partial charge >= 0.3 is 0 Å². The third-order valence-electron chi connectivity index (χ3n) is 3.11. The van der Waals surface area contributed by atoms with Crippen LogP contribution in [-0.4, -0.2) is 47.6 Å². The maximum atomic E-state index is 11.8. The van der Waals surface area contributed by atoms with Crippen molar-refractivity contribution >= 4 is 17.5 Å². The lowest BCUT2D eigenvalue weighted by molar-refractivity contribution is -0.136. The molecule has 18 heavy (non-hydrogen) atoms. The molecule has 2 rings (SSSR count). The van der Waals surface area contributed by atoms with Gasteiger partial charge in [-0.05, 0) is 12.8 Å². The minimum absolute atomic E-state index is 0.0159. The van der Waals surface area contributed by atoms with Gasteiger partial charge in [0.25, 0.3) is 0 Å². The predicted octanol–water partition coefficient (Wildman–Crippen LogP) is 1.48. The maximum absolute atomic E-state index is 11.8. The van der Waals surface area contributed by atoms with Gasteiger partial charge in [0, 0.05) is 38.5 Å². The van der Waals surface area contributed by atoms with E-state index in [1.165, 1.54) is 7.11 Å². The molecule has 0 N–H and O–H groups in total. The summed E-state index contributed by atoms with van der Waals surface area (Å²) in [5, 5.41) is 0.434. The van der Waals surface area contributed by atoms with Crippen LogP contribution in [0.15, 0.2) is 12.4 Å². The second kappa shape index (κ2) is 6.11. The van der Waals surface area contributed by atoms with Crippen molar-refractivity contribution in [3.8, 4) is 0 Å². The smallest absolute Gasteiger partial charge is 0.248 e. The summed E-state index contributed by atoms with van der Waals surface area (Å²) in [6.45, 7) is 1.54. The van der Waals surface area contributed by atoms with Crippen molar-refractivity contribution in [3.05, 3.63) is 23.2 Å². The molecule has 6 heteroatoms. The number of methoxy groups -OCH3 is 1. The molecule has 0 unspecified atom stereocenters. The van der Waals surface area contributed by atoms with Crippen LogP contribution in [-0.2, 0) is 9.53 Å². The monoisotopic (exact) mass is 269 g/mol. The lowest BCUT2D eigenvalue weighted by Gasteiger charge is -2.32. The third kappa shape index (κ3) is 2.97. The first-order valence-electron chi connectivity index (χ1n) is 5.95. The topological polar surface area (TPSA) is 55.3 Å². The Kier molecular flexibility index (Phi) is 4.49. The number of amides is 1. The SMILES string of the molecule is COCC(=O)N1CCC[C@H](c2nccnc2Cl)C1. The third-order valence-corrected chi connectivity index (χ3v) is 3.40. The van der Waals surface area contributed by atoms with Crippen LogP contribution in [0.1, 0.15) is 24.5 Å². The highest BCUT2D eigenvalue weighted by Crippen LogP contribution is 2.28. The number of carbonyl (C=O) groups excluding carboxylic acids is 1. The Morgan fingerprint density at radius 1 is 1.56 bits per heavy atom. The molecule has 0 spiro atoms. The fourth-order valence-corrected chi connectivity index (χ4v) is 2.51. The van der Waals surface area contributed by atoms with Crippen molar-refractivity contribution in [1.82, 2.24) is 14.9 Å². The average Bonchev–Trinajstić information content (AvgIpc) is 2.40. The van der Waals surface area contributed by atoms with E-state index in [1.54, 1.807) is 12.4 Å². The molecule has 1 aromatic rings. The van der Waals surface area contributed by atoms with Crippen LogP contribution in [0.5, 0.6) is 0 Å². The summed E-state index contributed by atoms with van der Waals surface area (Å²) in [6, 6.07) is 0. The first-order valence-corrected chi connectivity index (χ1v) is 6.33. The zero-order chi connectivity index (χ0) is 13.0. The molecular formula is C12H16ClN3O2. The molecule has 1 aliphatic rings. The molecule has 0 bridgehead atoms. The molecule has 0 radical (unpaired) electrons. The minimum Gasteiger partial charge on any atom is -0.375 e. The Labute approximate surface area is 111 Å². The van der Waals surface area contributed by atoms with Gasteiger partial charge in [-0.3, -0.25) is 9.78 Å². The number of nitrogens with zero attached hydrogens (tertiary/aromatic N) is 3. The van der Waals surface area contributed by atoms with Crippen LogP contribution in [0.3, 0.4) is 0 Å². The van der Waals surface area contributed by atoms with E-state index in [0.29, 0.717) is 11.7 Å². The number of hydrogen-bond acceptors (Lipinski definition) is 4. The number of ether oxygens (including phenoxy) is 1. The van der Waals surface area contributed by atoms with Crippen molar-refractivity contribution in [2.24, 2.45) is 0 Å². The molecule has 1 fully saturated rings. The Morgan fingerprint density at radius 3 is 3.06 bits per heavy atom. The van der Waals surface area contributed by atoms with E-state index < -0.39 is 0 Å². The molecule has 0 saturated carbocycles. The average molecular weight is 270 g/mol. The lowest BCUT2D eigenvalue weighted by Crippen LogP contribution is -2.41. The Bertz CT molecular complexity index is 428. The molecule has 0 aliphatic carbocycles. The van der Waals surface area contributed by atoms with Gasteiger partial charge in [-0.15, -0.1) is 0 Å². The van der Waals surface area contributed by atoms with Gasteiger partial charge in [-0.2, -0.15) is 0 Å². The molecule has 5 nitrogen and oxygen atoms in total. The number of carbonyl (C=O) groups is 1. The highest BCUT2D eigenvalue weighted by Gasteiger charge is 2.26. The lowest BCUT2D eigenvalue weighted by atomic mass is 9.95. The number of piperidine rings is 1. The van der Waals surface area contributed by atoms with Crippen LogP contribution in [0.4, 0.5) is 0 Å². The molecule has 98 valence electrons. The second-order valence-corrected chi connectivity index (χ2v) is 4.70. The van der Waals surface area contributed by atoms with Gasteiger partial charge in [0.15, 0.2) is 5.15 Å². The van der Waals surface area contributed by atoms with Crippen LogP contribution >= 0.6 is 11.6 Å². The summed E-state index contributed by atoms with van der Waals surface area (Å²) in [5.74, 6) is 0.183. The molecule has 1 saturated heterocycles. The number of rotatable bonds is 3. The summed E-state index contributed by atoms with van der Waals surface area (Å²) in [6.07, 6.45) is 5.14. The number of hydrogen-bond donors (Lipinski definition) is 0. The van der Waals surface area contributed by atoms with Crippen molar-refractivity contribution in [2.45, 2.75) is 18.8 Å². The quantitative estimate of drug-likeness (QED) is 0.834. The summed E-state index contributed by atoms with van der Waals surface area (Å²) in [7, 11) is 1.53. The first kappa shape index (κ1) is 13.2. The summed E-state index contributed by atoms with van der Waals surface area (Å²) in [5.41, 5.74) is 0.786. The highest BCUT2D eigenvalue weighted by atomic mass is 35.5. The van der Waals surface area contributed by atoms with Crippen molar-refractivity contribution in [2.75, 3.05) is 26.8 Å². The molecule has 1 atom stereocenters. The Morgan fingerprint density at radius 2 is 2.33 bits per heavy atom. The minimum atomic E-state index is 0.0159. The number of likely N-dealkylation sites (tertiary alicyclic amines) is 1. The van der Waals surface area contributed by atoms with Crippen molar-refractivity contribution in [1.29, 1.82) is 0 Å². The van der Waals surface area contributed by atoms with E-state index in [-0.39, 0.29) is 18.4 Å². The van der Waals surface area contributed by atoms with Gasteiger partial charge in [0.2, 0.25) is 5.91 Å². The van der Waals surface area contributed by atoms with E-state index in [1.807, 2.05) is 4.90 Å². The van der Waals surface area contributed by atoms with Crippen molar-refractivity contribution < 1.29 is 9.53 Å². The predicted molar refractivity (Wildman–Crippen MR) is 67.5 cm³/mol. The second-order valence-electron chi connectivity index (χ2n) is 4.34. The van der Waals surface area contributed by atoms with Gasteiger partial charge in [-0.25, -0.2) is 4.98 Å². The van der Waals surface area contributed by atoms with Gasteiger partial charge < -0.3 is 9.64 Å². The fourth-order valence-electron chi connectivity index (χ4n) is 2.25. The number of aromatic nitrogens is 2. The largest absolute Gasteiger partial charge is 0.375 e. The van der Waals surface area contributed by atoms with Crippen LogP contribution in [0.2, 0.25) is 5.15 Å². The van der Waals surface area contributed by atoms with Crippen LogP contribution in [0.25, 0.3) is 0 Å². The first-order chi connectivity index (χ1) is 8.72. The zero-order valence-electron chi connectivity index (χ0n) is 10.3. The zero-order valence-corrected chi connectivity index (χ0v) is 11.1. The highest BCUT2D eigenvalue weighted by molar-refractivity contribution is 6.30. The van der Waals surface area contributed by atoms with E-state index in [0.717, 1.165) is 25.1 Å². The maximum Gasteiger partial charge on any atom is 0.248 e. The summed E-state index contributed by atoms with van der Waals surface area (Å²) >= 11 is 6.04. The van der Waals surface area contributed by atoms with E-state index >= 15 is 0 Å². The van der Waals surface area contributed by atoms with Crippen LogP contribution < -0.4 is 0 Å². The fraction of sp³-hybridized carbons (Fsp3) is 0.583. The van der Waals surface area contributed by atoms with Gasteiger partial charge in [0.05, 0.1) is 5.69 Å². The Hall–Kier alpha value is -1.20. The summed E-state index contributed by atoms with van der Waals surface area (Å²) < 4.78 is 4.88. The van der Waals surface area contributed by atoms with Crippen molar-refractivity contribution in [3.63, 3.8) is 0 Å². The molecule has 2 heterocycles. The van der Waals surface area contributed by atoms with Gasteiger partial charge in [0.1, 0.15) is 6.61 Å². The Balaban J connectivity index is 2.07. The molecular weight excluding hydrogens is 254 g/mol. The number of halogens is 1.